The number of rotatable bonds is 14. The van der Waals surface area contributed by atoms with Gasteiger partial charge in [-0.2, -0.15) is 0 Å². The van der Waals surface area contributed by atoms with E-state index in [0.717, 1.165) is 21.0 Å². The first kappa shape index (κ1) is 33.3. The topological polar surface area (TPSA) is 96.0 Å². The fraction of sp³-hybridized carbons (Fsp3) is 0.278. The van der Waals surface area contributed by atoms with E-state index in [-0.39, 0.29) is 29.8 Å². The van der Waals surface area contributed by atoms with Gasteiger partial charge in [-0.1, -0.05) is 78.4 Å². The number of nitrogens with zero attached hydrogens (tertiary/aromatic N) is 2. The number of nitrogens with one attached hydrogen (secondary N) is 1. The highest BCUT2D eigenvalue weighted by molar-refractivity contribution is 7.92. The molecule has 0 saturated carbocycles. The number of hydrogen-bond acceptors (Lipinski definition) is 5. The molecule has 0 heterocycles. The van der Waals surface area contributed by atoms with E-state index >= 15 is 0 Å². The van der Waals surface area contributed by atoms with Gasteiger partial charge in [0.05, 0.1) is 17.2 Å². The Bertz CT molecular complexity index is 1640. The van der Waals surface area contributed by atoms with Gasteiger partial charge in [-0.15, -0.1) is 0 Å². The summed E-state index contributed by atoms with van der Waals surface area (Å²) in [6, 6.07) is 30.9. The number of benzene rings is 4. The molecule has 0 radical (unpaired) electrons. The van der Waals surface area contributed by atoms with Crippen molar-refractivity contribution in [2.24, 2.45) is 0 Å². The molecule has 0 saturated heterocycles. The number of hydrogen-bond donors (Lipinski definition) is 1. The number of anilines is 1. The van der Waals surface area contributed by atoms with Crippen LogP contribution >= 0.6 is 0 Å². The molecule has 4 aromatic rings. The Kier molecular flexibility index (Phi) is 11.4. The predicted octanol–water partition coefficient (Wildman–Crippen LogP) is 5.75. The fourth-order valence-corrected chi connectivity index (χ4v) is 6.37. The van der Waals surface area contributed by atoms with E-state index in [9.17, 15) is 18.0 Å². The highest BCUT2D eigenvalue weighted by Crippen LogP contribution is 2.27. The van der Waals surface area contributed by atoms with E-state index in [1.807, 2.05) is 88.4 Å². The van der Waals surface area contributed by atoms with Gasteiger partial charge in [-0.3, -0.25) is 13.9 Å². The van der Waals surface area contributed by atoms with E-state index in [4.69, 9.17) is 4.74 Å². The van der Waals surface area contributed by atoms with Crippen LogP contribution in [0.25, 0.3) is 0 Å². The molecule has 4 aromatic carbocycles. The number of sulfonamides is 1. The number of amides is 2. The maximum atomic E-state index is 14.5. The van der Waals surface area contributed by atoms with Crippen molar-refractivity contribution < 1.29 is 22.7 Å². The van der Waals surface area contributed by atoms with Gasteiger partial charge in [0.2, 0.25) is 11.8 Å². The lowest BCUT2D eigenvalue weighted by atomic mass is 10.0. The first-order valence-corrected chi connectivity index (χ1v) is 16.5. The smallest absolute Gasteiger partial charge is 0.264 e. The number of aryl methyl sites for hydroxylation is 1. The number of carbonyl (C=O) groups excluding carboxylic acids is 2. The van der Waals surface area contributed by atoms with E-state index in [2.05, 4.69) is 5.32 Å². The third-order valence-electron chi connectivity index (χ3n) is 7.22. The predicted molar refractivity (Wildman–Crippen MR) is 178 cm³/mol. The Hall–Kier alpha value is -4.63. The second-order valence-electron chi connectivity index (χ2n) is 11.1. The minimum absolute atomic E-state index is 0.0581. The highest BCUT2D eigenvalue weighted by atomic mass is 32.2. The molecule has 1 N–H and O–H groups in total. The molecule has 0 unspecified atom stereocenters. The van der Waals surface area contributed by atoms with Crippen molar-refractivity contribution in [1.82, 2.24) is 10.2 Å². The molecule has 0 fully saturated rings. The number of ether oxygens (including phenoxy) is 1. The van der Waals surface area contributed by atoms with Crippen molar-refractivity contribution in [3.63, 3.8) is 0 Å². The molecule has 2 amide bonds. The summed E-state index contributed by atoms with van der Waals surface area (Å²) in [5.41, 5.74) is 2.91. The summed E-state index contributed by atoms with van der Waals surface area (Å²) in [7, 11) is -4.18. The van der Waals surface area contributed by atoms with Crippen molar-refractivity contribution in [3.8, 4) is 5.75 Å². The van der Waals surface area contributed by atoms with E-state index in [0.29, 0.717) is 18.0 Å². The molecular weight excluding hydrogens is 586 g/mol. The standard InChI is InChI=1S/C36H41N3O5S/c1-5-44-32-20-18-31(19-21-32)39(45(42,43)33-22-16-28(4)17-23-33)26-35(40)38(25-30-14-10-7-11-15-30)34(36(41)37-27(2)3)24-29-12-8-6-9-13-29/h6-23,27,34H,5,24-26H2,1-4H3,(H,37,41)/t34-/m1/s1. The van der Waals surface area contributed by atoms with Crippen LogP contribution in [0.3, 0.4) is 0 Å². The van der Waals surface area contributed by atoms with Crippen molar-refractivity contribution in [2.75, 3.05) is 17.5 Å². The van der Waals surface area contributed by atoms with E-state index in [1.54, 1.807) is 36.4 Å². The van der Waals surface area contributed by atoms with Crippen LogP contribution in [0, 0.1) is 6.92 Å². The van der Waals surface area contributed by atoms with E-state index in [1.165, 1.54) is 17.0 Å². The van der Waals surface area contributed by atoms with Gasteiger partial charge in [-0.05, 0) is 75.2 Å². The molecule has 45 heavy (non-hydrogen) atoms. The molecule has 9 heteroatoms. The van der Waals surface area contributed by atoms with Gasteiger partial charge in [0, 0.05) is 19.0 Å². The van der Waals surface area contributed by atoms with Crippen LogP contribution in [0.1, 0.15) is 37.5 Å². The summed E-state index contributed by atoms with van der Waals surface area (Å²) >= 11 is 0. The van der Waals surface area contributed by atoms with Gasteiger partial charge >= 0.3 is 0 Å². The minimum atomic E-state index is -4.18. The molecular formula is C36H41N3O5S. The zero-order valence-corrected chi connectivity index (χ0v) is 27.0. The Morgan fingerprint density at radius 2 is 1.38 bits per heavy atom. The molecule has 4 rings (SSSR count). The van der Waals surface area contributed by atoms with Crippen molar-refractivity contribution in [3.05, 3.63) is 126 Å². The lowest BCUT2D eigenvalue weighted by molar-refractivity contribution is -0.140. The maximum absolute atomic E-state index is 14.5. The lowest BCUT2D eigenvalue weighted by Gasteiger charge is -2.34. The molecule has 0 aliphatic carbocycles. The summed E-state index contributed by atoms with van der Waals surface area (Å²) in [6.07, 6.45) is 0.256. The number of carbonyl (C=O) groups is 2. The minimum Gasteiger partial charge on any atom is -0.494 e. The van der Waals surface area contributed by atoms with Crippen molar-refractivity contribution >= 4 is 27.5 Å². The van der Waals surface area contributed by atoms with Gasteiger partial charge in [0.15, 0.2) is 0 Å². The Morgan fingerprint density at radius 1 is 0.800 bits per heavy atom. The van der Waals surface area contributed by atoms with E-state index < -0.39 is 28.5 Å². The quantitative estimate of drug-likeness (QED) is 0.192. The van der Waals surface area contributed by atoms with Crippen LogP contribution in [-0.2, 0) is 32.6 Å². The van der Waals surface area contributed by atoms with Crippen LogP contribution in [-0.4, -0.2) is 50.4 Å². The van der Waals surface area contributed by atoms with Crippen LogP contribution in [0.2, 0.25) is 0 Å². The SMILES string of the molecule is CCOc1ccc(N(CC(=O)N(Cc2ccccc2)[C@H](Cc2ccccc2)C(=O)NC(C)C)S(=O)(=O)c2ccc(C)cc2)cc1. The fourth-order valence-electron chi connectivity index (χ4n) is 4.96. The average Bonchev–Trinajstić information content (AvgIpc) is 3.03. The average molecular weight is 628 g/mol. The Labute approximate surface area is 266 Å². The molecule has 1 atom stereocenters. The summed E-state index contributed by atoms with van der Waals surface area (Å²) in [4.78, 5) is 29.8. The lowest BCUT2D eigenvalue weighted by Crippen LogP contribution is -2.54. The summed E-state index contributed by atoms with van der Waals surface area (Å²) in [5.74, 6) is -0.241. The van der Waals surface area contributed by atoms with Crippen molar-refractivity contribution in [1.29, 1.82) is 0 Å². The zero-order valence-electron chi connectivity index (χ0n) is 26.2. The second kappa shape index (κ2) is 15.4. The summed E-state index contributed by atoms with van der Waals surface area (Å²) in [6.45, 7) is 7.52. The molecule has 0 aliphatic heterocycles. The second-order valence-corrected chi connectivity index (χ2v) is 13.0. The van der Waals surface area contributed by atoms with Crippen LogP contribution in [0.15, 0.2) is 114 Å². The van der Waals surface area contributed by atoms with Gasteiger partial charge in [0.25, 0.3) is 10.0 Å². The molecule has 0 aliphatic rings. The van der Waals surface area contributed by atoms with Crippen LogP contribution in [0.4, 0.5) is 5.69 Å². The highest BCUT2D eigenvalue weighted by Gasteiger charge is 2.34. The molecule has 0 bridgehead atoms. The zero-order chi connectivity index (χ0) is 32.4. The Balaban J connectivity index is 1.79. The first-order valence-electron chi connectivity index (χ1n) is 15.1. The van der Waals surface area contributed by atoms with Gasteiger partial charge in [-0.25, -0.2) is 8.42 Å². The van der Waals surface area contributed by atoms with Gasteiger partial charge < -0.3 is 15.0 Å². The summed E-state index contributed by atoms with van der Waals surface area (Å²) < 4.78 is 35.0. The van der Waals surface area contributed by atoms with Crippen molar-refractivity contribution in [2.45, 2.75) is 57.6 Å². The monoisotopic (exact) mass is 627 g/mol. The molecule has 236 valence electrons. The van der Waals surface area contributed by atoms with Gasteiger partial charge in [0.1, 0.15) is 18.3 Å². The molecule has 0 aromatic heterocycles. The molecule has 8 nitrogen and oxygen atoms in total. The largest absolute Gasteiger partial charge is 0.494 e. The molecule has 0 spiro atoms. The normalized spacial score (nSPS) is 11.9. The summed E-state index contributed by atoms with van der Waals surface area (Å²) in [5, 5.41) is 2.97. The van der Waals surface area contributed by atoms with Crippen LogP contribution < -0.4 is 14.4 Å². The van der Waals surface area contributed by atoms with Crippen LogP contribution in [0.5, 0.6) is 5.75 Å². The first-order chi connectivity index (χ1) is 21.6. The third-order valence-corrected chi connectivity index (χ3v) is 9.01. The Morgan fingerprint density at radius 3 is 1.93 bits per heavy atom. The third kappa shape index (κ3) is 8.95. The maximum Gasteiger partial charge on any atom is 0.264 e.